The van der Waals surface area contributed by atoms with Gasteiger partial charge in [0, 0.05) is 7.11 Å². The molecule has 0 saturated heterocycles. The van der Waals surface area contributed by atoms with E-state index in [1.165, 1.54) is 0 Å². The van der Waals surface area contributed by atoms with Crippen LogP contribution < -0.4 is 5.73 Å². The number of carboxylic acids is 1. The first-order valence-corrected chi connectivity index (χ1v) is 4.17. The minimum atomic E-state index is -0.959. The molecule has 1 rings (SSSR count). The minimum Gasteiger partial charge on any atom is -0.480 e. The molecule has 0 spiro atoms. The molecule has 0 unspecified atom stereocenters. The van der Waals surface area contributed by atoms with Crippen LogP contribution in [0.25, 0.3) is 0 Å². The average molecular weight is 197 g/mol. The molecular formula is C10H15NO3. The molecule has 0 bridgehead atoms. The van der Waals surface area contributed by atoms with Gasteiger partial charge in [0.1, 0.15) is 6.04 Å². The number of rotatable bonds is 3. The summed E-state index contributed by atoms with van der Waals surface area (Å²) >= 11 is 0. The van der Waals surface area contributed by atoms with Gasteiger partial charge in [-0.1, -0.05) is 30.3 Å². The van der Waals surface area contributed by atoms with E-state index in [4.69, 9.17) is 15.9 Å². The Kier molecular flexibility index (Phi) is 6.36. The molecule has 0 aromatic heterocycles. The predicted molar refractivity (Wildman–Crippen MR) is 53.9 cm³/mol. The van der Waals surface area contributed by atoms with Crippen molar-refractivity contribution in [1.82, 2.24) is 0 Å². The fourth-order valence-electron chi connectivity index (χ4n) is 0.955. The van der Waals surface area contributed by atoms with Gasteiger partial charge in [-0.05, 0) is 12.0 Å². The van der Waals surface area contributed by atoms with Gasteiger partial charge in [-0.15, -0.1) is 0 Å². The van der Waals surface area contributed by atoms with Crippen LogP contribution in [0.15, 0.2) is 30.3 Å². The molecule has 0 fully saturated rings. The van der Waals surface area contributed by atoms with Crippen LogP contribution in [-0.4, -0.2) is 29.3 Å². The summed E-state index contributed by atoms with van der Waals surface area (Å²) in [7, 11) is 1.00. The number of carbonyl (C=O) groups is 1. The molecule has 14 heavy (non-hydrogen) atoms. The topological polar surface area (TPSA) is 83.5 Å². The van der Waals surface area contributed by atoms with Crippen LogP contribution in [0, 0.1) is 0 Å². The van der Waals surface area contributed by atoms with Crippen molar-refractivity contribution in [1.29, 1.82) is 0 Å². The number of aliphatic carboxylic acids is 1. The van der Waals surface area contributed by atoms with Gasteiger partial charge in [0.15, 0.2) is 0 Å². The third-order valence-electron chi connectivity index (χ3n) is 1.62. The minimum absolute atomic E-state index is 0.385. The van der Waals surface area contributed by atoms with E-state index in [1.54, 1.807) is 0 Å². The lowest BCUT2D eigenvalue weighted by Gasteiger charge is -2.04. The lowest BCUT2D eigenvalue weighted by atomic mass is 10.1. The maximum Gasteiger partial charge on any atom is 0.320 e. The van der Waals surface area contributed by atoms with Crippen molar-refractivity contribution >= 4 is 5.97 Å². The molecule has 4 nitrogen and oxygen atoms in total. The van der Waals surface area contributed by atoms with Gasteiger partial charge in [0.2, 0.25) is 0 Å². The smallest absolute Gasteiger partial charge is 0.320 e. The number of carboxylic acid groups (broad SMARTS) is 1. The van der Waals surface area contributed by atoms with Crippen molar-refractivity contribution in [3.05, 3.63) is 35.9 Å². The maximum absolute atomic E-state index is 10.4. The van der Waals surface area contributed by atoms with Gasteiger partial charge in [-0.3, -0.25) is 4.79 Å². The number of aliphatic hydroxyl groups excluding tert-OH is 1. The van der Waals surface area contributed by atoms with Gasteiger partial charge >= 0.3 is 5.97 Å². The molecule has 1 aromatic rings. The molecule has 4 N–H and O–H groups in total. The summed E-state index contributed by atoms with van der Waals surface area (Å²) in [4.78, 5) is 10.4. The van der Waals surface area contributed by atoms with E-state index in [-0.39, 0.29) is 0 Å². The zero-order valence-electron chi connectivity index (χ0n) is 8.05. The van der Waals surface area contributed by atoms with E-state index in [9.17, 15) is 4.79 Å². The van der Waals surface area contributed by atoms with Gasteiger partial charge in [-0.25, -0.2) is 0 Å². The zero-order valence-corrected chi connectivity index (χ0v) is 8.05. The summed E-state index contributed by atoms with van der Waals surface area (Å²) in [6.45, 7) is 0. The number of hydrogen-bond acceptors (Lipinski definition) is 3. The van der Waals surface area contributed by atoms with Crippen LogP contribution in [0.4, 0.5) is 0 Å². The van der Waals surface area contributed by atoms with Crippen LogP contribution >= 0.6 is 0 Å². The third kappa shape index (κ3) is 4.59. The molecular weight excluding hydrogens is 182 g/mol. The fourth-order valence-corrected chi connectivity index (χ4v) is 0.955. The van der Waals surface area contributed by atoms with Gasteiger partial charge in [0.05, 0.1) is 0 Å². The highest BCUT2D eigenvalue weighted by atomic mass is 16.4. The highest BCUT2D eigenvalue weighted by Crippen LogP contribution is 2.01. The SMILES string of the molecule is CO.N[C@@H](Cc1ccccc1)C(=O)O. The third-order valence-corrected chi connectivity index (χ3v) is 1.62. The van der Waals surface area contributed by atoms with Crippen LogP contribution in [0.1, 0.15) is 5.56 Å². The average Bonchev–Trinajstić information content (AvgIpc) is 2.22. The summed E-state index contributed by atoms with van der Waals surface area (Å²) in [6.07, 6.45) is 0.385. The molecule has 4 heteroatoms. The molecule has 0 amide bonds. The van der Waals surface area contributed by atoms with Crippen molar-refractivity contribution in [3.63, 3.8) is 0 Å². The molecule has 0 aliphatic rings. The van der Waals surface area contributed by atoms with E-state index in [1.807, 2.05) is 30.3 Å². The normalized spacial score (nSPS) is 11.1. The van der Waals surface area contributed by atoms with E-state index < -0.39 is 12.0 Å². The van der Waals surface area contributed by atoms with E-state index in [0.717, 1.165) is 12.7 Å². The summed E-state index contributed by atoms with van der Waals surface area (Å²) in [5.41, 5.74) is 6.30. The molecule has 78 valence electrons. The van der Waals surface area contributed by atoms with Crippen LogP contribution in [0.5, 0.6) is 0 Å². The number of hydrogen-bond donors (Lipinski definition) is 3. The van der Waals surface area contributed by atoms with E-state index in [0.29, 0.717) is 6.42 Å². The summed E-state index contributed by atoms with van der Waals surface area (Å²) < 4.78 is 0. The Morgan fingerprint density at radius 1 is 1.36 bits per heavy atom. The number of nitrogens with two attached hydrogens (primary N) is 1. The van der Waals surface area contributed by atoms with Crippen LogP contribution in [0.2, 0.25) is 0 Å². The largest absolute Gasteiger partial charge is 0.480 e. The fraction of sp³-hybridized carbons (Fsp3) is 0.300. The first-order valence-electron chi connectivity index (χ1n) is 4.17. The van der Waals surface area contributed by atoms with Crippen LogP contribution in [0.3, 0.4) is 0 Å². The second-order valence-electron chi connectivity index (χ2n) is 2.63. The second kappa shape index (κ2) is 7.06. The molecule has 0 aliphatic heterocycles. The van der Waals surface area contributed by atoms with Gasteiger partial charge < -0.3 is 15.9 Å². The van der Waals surface area contributed by atoms with Crippen LogP contribution in [-0.2, 0) is 11.2 Å². The Bertz CT molecular complexity index is 261. The molecule has 1 aromatic carbocycles. The van der Waals surface area contributed by atoms with Gasteiger partial charge in [0.25, 0.3) is 0 Å². The van der Waals surface area contributed by atoms with Crippen molar-refractivity contribution in [2.24, 2.45) is 5.73 Å². The predicted octanol–water partition coefficient (Wildman–Crippen LogP) is 0.249. The Morgan fingerprint density at radius 3 is 2.29 bits per heavy atom. The summed E-state index contributed by atoms with van der Waals surface area (Å²) in [6, 6.07) is 8.54. The van der Waals surface area contributed by atoms with E-state index in [2.05, 4.69) is 0 Å². The highest BCUT2D eigenvalue weighted by Gasteiger charge is 2.10. The lowest BCUT2D eigenvalue weighted by Crippen LogP contribution is -2.32. The van der Waals surface area contributed by atoms with E-state index >= 15 is 0 Å². The van der Waals surface area contributed by atoms with Crippen molar-refractivity contribution < 1.29 is 15.0 Å². The Morgan fingerprint density at radius 2 is 1.86 bits per heavy atom. The second-order valence-corrected chi connectivity index (χ2v) is 2.63. The van der Waals surface area contributed by atoms with Gasteiger partial charge in [-0.2, -0.15) is 0 Å². The molecule has 1 atom stereocenters. The molecule has 0 aliphatic carbocycles. The Labute approximate surface area is 83.0 Å². The number of benzene rings is 1. The first kappa shape index (κ1) is 12.6. The van der Waals surface area contributed by atoms with Crippen molar-refractivity contribution in [2.75, 3.05) is 7.11 Å². The van der Waals surface area contributed by atoms with Crippen molar-refractivity contribution in [3.8, 4) is 0 Å². The number of aliphatic hydroxyl groups is 1. The maximum atomic E-state index is 10.4. The lowest BCUT2D eigenvalue weighted by molar-refractivity contribution is -0.138. The zero-order chi connectivity index (χ0) is 11.0. The molecule has 0 radical (unpaired) electrons. The first-order chi connectivity index (χ1) is 6.70. The summed E-state index contributed by atoms with van der Waals surface area (Å²) in [5, 5.41) is 15.5. The molecule has 0 heterocycles. The summed E-state index contributed by atoms with van der Waals surface area (Å²) in [5.74, 6) is -0.959. The quantitative estimate of drug-likeness (QED) is 0.648. The standard InChI is InChI=1S/C9H11NO2.CH4O/c10-8(9(11)12)6-7-4-2-1-3-5-7;1-2/h1-5,8H,6,10H2,(H,11,12);2H,1H3/t8-;/m0./s1. The van der Waals surface area contributed by atoms with Crippen molar-refractivity contribution in [2.45, 2.75) is 12.5 Å². The monoisotopic (exact) mass is 197 g/mol. The molecule has 0 saturated carbocycles. The highest BCUT2D eigenvalue weighted by molar-refractivity contribution is 5.73. The Balaban J connectivity index is 0.000000791. The Hall–Kier alpha value is -1.39.